The lowest BCUT2D eigenvalue weighted by atomic mass is 10.3. The first-order valence-corrected chi connectivity index (χ1v) is 7.40. The standard InChI is InChI=1S/C15H21F3N4O/c1-10(22(2)11-7-8-11)9-20-14(19)21-12-5-3-4-6-13(12)23-15(16,17)18/h3-6,10-11H,7-9H2,1-2H3,(H3,19,20,21). The molecule has 8 heteroatoms. The van der Waals surface area contributed by atoms with Crippen LogP contribution in [0.2, 0.25) is 0 Å². The summed E-state index contributed by atoms with van der Waals surface area (Å²) in [4.78, 5) is 6.43. The van der Waals surface area contributed by atoms with E-state index in [1.165, 1.54) is 31.0 Å². The van der Waals surface area contributed by atoms with Crippen LogP contribution >= 0.6 is 0 Å². The van der Waals surface area contributed by atoms with E-state index < -0.39 is 6.36 Å². The molecule has 3 N–H and O–H groups in total. The molecule has 0 aromatic heterocycles. The highest BCUT2D eigenvalue weighted by molar-refractivity contribution is 5.93. The zero-order valence-electron chi connectivity index (χ0n) is 13.1. The van der Waals surface area contributed by atoms with Crippen LogP contribution in [0.15, 0.2) is 29.3 Å². The van der Waals surface area contributed by atoms with Crippen molar-refractivity contribution in [2.75, 3.05) is 18.9 Å². The Bertz CT molecular complexity index is 558. The van der Waals surface area contributed by atoms with Gasteiger partial charge in [0.05, 0.1) is 12.2 Å². The number of nitrogens with two attached hydrogens (primary N) is 1. The number of guanidine groups is 1. The van der Waals surface area contributed by atoms with Crippen molar-refractivity contribution in [1.82, 2.24) is 4.90 Å². The first kappa shape index (κ1) is 17.4. The molecule has 0 spiro atoms. The molecule has 0 aliphatic heterocycles. The van der Waals surface area contributed by atoms with Gasteiger partial charge in [0, 0.05) is 12.1 Å². The summed E-state index contributed by atoms with van der Waals surface area (Å²) in [6, 6.07) is 6.52. The number of benzene rings is 1. The van der Waals surface area contributed by atoms with Gasteiger partial charge in [-0.3, -0.25) is 9.89 Å². The second-order valence-corrected chi connectivity index (χ2v) is 5.64. The minimum absolute atomic E-state index is 0.0549. The molecule has 0 heterocycles. The summed E-state index contributed by atoms with van der Waals surface area (Å²) in [7, 11) is 2.04. The Hall–Kier alpha value is -1.96. The average Bonchev–Trinajstić information content (AvgIpc) is 3.29. The molecule has 5 nitrogen and oxygen atoms in total. The Morgan fingerprint density at radius 2 is 2.09 bits per heavy atom. The number of aliphatic imine (C=N–C) groups is 1. The fourth-order valence-corrected chi connectivity index (χ4v) is 2.16. The Labute approximate surface area is 133 Å². The monoisotopic (exact) mass is 330 g/mol. The summed E-state index contributed by atoms with van der Waals surface area (Å²) in [5, 5.41) is 2.66. The van der Waals surface area contributed by atoms with E-state index in [-0.39, 0.29) is 23.4 Å². The van der Waals surface area contributed by atoms with E-state index >= 15 is 0 Å². The van der Waals surface area contributed by atoms with Crippen LogP contribution in [0, 0.1) is 0 Å². The van der Waals surface area contributed by atoms with Gasteiger partial charge in [0.1, 0.15) is 0 Å². The van der Waals surface area contributed by atoms with Crippen molar-refractivity contribution in [3.8, 4) is 5.75 Å². The van der Waals surface area contributed by atoms with Gasteiger partial charge in [-0.2, -0.15) is 0 Å². The van der Waals surface area contributed by atoms with Crippen molar-refractivity contribution >= 4 is 11.6 Å². The lowest BCUT2D eigenvalue weighted by Gasteiger charge is -2.23. The van der Waals surface area contributed by atoms with Gasteiger partial charge in [0.25, 0.3) is 0 Å². The molecule has 2 rings (SSSR count). The quantitative estimate of drug-likeness (QED) is 0.622. The molecule has 1 aromatic carbocycles. The number of alkyl halides is 3. The maximum atomic E-state index is 12.4. The van der Waals surface area contributed by atoms with Crippen LogP contribution in [0.3, 0.4) is 0 Å². The SMILES string of the molecule is CC(CN=C(N)Nc1ccccc1OC(F)(F)F)N(C)C1CC1. The molecule has 0 bridgehead atoms. The number of likely N-dealkylation sites (N-methyl/N-ethyl adjacent to an activating group) is 1. The third-order valence-corrected chi connectivity index (χ3v) is 3.72. The van der Waals surface area contributed by atoms with Gasteiger partial charge in [-0.1, -0.05) is 12.1 Å². The van der Waals surface area contributed by atoms with E-state index in [1.807, 2.05) is 14.0 Å². The maximum absolute atomic E-state index is 12.4. The third kappa shape index (κ3) is 5.63. The summed E-state index contributed by atoms with van der Waals surface area (Å²) >= 11 is 0. The first-order valence-electron chi connectivity index (χ1n) is 7.40. The van der Waals surface area contributed by atoms with E-state index in [1.54, 1.807) is 6.07 Å². The normalized spacial score (nSPS) is 17.2. The predicted octanol–water partition coefficient (Wildman–Crippen LogP) is 2.79. The van der Waals surface area contributed by atoms with Crippen LogP contribution in [-0.2, 0) is 0 Å². The number of rotatable bonds is 6. The van der Waals surface area contributed by atoms with E-state index in [0.717, 1.165) is 0 Å². The van der Waals surface area contributed by atoms with Gasteiger partial charge in [0.2, 0.25) is 0 Å². The summed E-state index contributed by atoms with van der Waals surface area (Å²) in [5.41, 5.74) is 5.88. The largest absolute Gasteiger partial charge is 0.573 e. The second-order valence-electron chi connectivity index (χ2n) is 5.64. The fraction of sp³-hybridized carbons (Fsp3) is 0.533. The summed E-state index contributed by atoms with van der Waals surface area (Å²) < 4.78 is 41.1. The van der Waals surface area contributed by atoms with Crippen molar-refractivity contribution in [1.29, 1.82) is 0 Å². The van der Waals surface area contributed by atoms with Crippen LogP contribution < -0.4 is 15.8 Å². The number of ether oxygens (including phenoxy) is 1. The molecular formula is C15H21F3N4O. The van der Waals surface area contributed by atoms with Crippen LogP contribution in [0.1, 0.15) is 19.8 Å². The number of anilines is 1. The number of nitrogens with one attached hydrogen (secondary N) is 1. The number of hydrogen-bond acceptors (Lipinski definition) is 3. The van der Waals surface area contributed by atoms with Crippen LogP contribution in [0.5, 0.6) is 5.75 Å². The Balaban J connectivity index is 1.96. The molecule has 0 radical (unpaired) electrons. The Morgan fingerprint density at radius 3 is 2.70 bits per heavy atom. The smallest absolute Gasteiger partial charge is 0.404 e. The van der Waals surface area contributed by atoms with Crippen molar-refractivity contribution in [2.24, 2.45) is 10.7 Å². The molecule has 1 aliphatic rings. The van der Waals surface area contributed by atoms with E-state index in [9.17, 15) is 13.2 Å². The van der Waals surface area contributed by atoms with Gasteiger partial charge in [-0.15, -0.1) is 13.2 Å². The molecule has 128 valence electrons. The van der Waals surface area contributed by atoms with E-state index in [0.29, 0.717) is 12.6 Å². The number of para-hydroxylation sites is 2. The third-order valence-electron chi connectivity index (χ3n) is 3.72. The topological polar surface area (TPSA) is 62.9 Å². The summed E-state index contributed by atoms with van der Waals surface area (Å²) in [6.45, 7) is 2.50. The predicted molar refractivity (Wildman–Crippen MR) is 83.5 cm³/mol. The lowest BCUT2D eigenvalue weighted by molar-refractivity contribution is -0.274. The molecular weight excluding hydrogens is 309 g/mol. The molecule has 0 amide bonds. The van der Waals surface area contributed by atoms with Crippen molar-refractivity contribution in [2.45, 2.75) is 38.2 Å². The Morgan fingerprint density at radius 1 is 1.43 bits per heavy atom. The molecule has 1 aliphatic carbocycles. The van der Waals surface area contributed by atoms with Gasteiger partial charge >= 0.3 is 6.36 Å². The van der Waals surface area contributed by atoms with Gasteiger partial charge in [-0.05, 0) is 38.9 Å². The van der Waals surface area contributed by atoms with Gasteiger partial charge in [-0.25, -0.2) is 0 Å². The Kier molecular flexibility index (Phi) is 5.35. The fourth-order valence-electron chi connectivity index (χ4n) is 2.16. The molecule has 1 saturated carbocycles. The van der Waals surface area contributed by atoms with E-state index in [2.05, 4.69) is 19.9 Å². The zero-order valence-corrected chi connectivity index (χ0v) is 13.1. The van der Waals surface area contributed by atoms with Crippen LogP contribution in [0.4, 0.5) is 18.9 Å². The summed E-state index contributed by atoms with van der Waals surface area (Å²) in [6.07, 6.45) is -2.37. The molecule has 1 fully saturated rings. The van der Waals surface area contributed by atoms with Crippen LogP contribution in [-0.4, -0.2) is 42.9 Å². The molecule has 0 saturated heterocycles. The van der Waals surface area contributed by atoms with Crippen LogP contribution in [0.25, 0.3) is 0 Å². The number of hydrogen-bond donors (Lipinski definition) is 2. The summed E-state index contributed by atoms with van der Waals surface area (Å²) in [5.74, 6) is -0.291. The zero-order chi connectivity index (χ0) is 17.0. The highest BCUT2D eigenvalue weighted by Crippen LogP contribution is 2.30. The lowest BCUT2D eigenvalue weighted by Crippen LogP contribution is -2.34. The minimum Gasteiger partial charge on any atom is -0.404 e. The maximum Gasteiger partial charge on any atom is 0.573 e. The first-order chi connectivity index (χ1) is 10.8. The van der Waals surface area contributed by atoms with Gasteiger partial charge < -0.3 is 15.8 Å². The average molecular weight is 330 g/mol. The van der Waals surface area contributed by atoms with Crippen molar-refractivity contribution < 1.29 is 17.9 Å². The number of nitrogens with zero attached hydrogens (tertiary/aromatic N) is 2. The highest BCUT2D eigenvalue weighted by atomic mass is 19.4. The minimum atomic E-state index is -4.76. The molecule has 1 aromatic rings. The van der Waals surface area contributed by atoms with Gasteiger partial charge in [0.15, 0.2) is 11.7 Å². The molecule has 1 atom stereocenters. The second kappa shape index (κ2) is 7.08. The molecule has 23 heavy (non-hydrogen) atoms. The highest BCUT2D eigenvalue weighted by Gasteiger charge is 2.32. The van der Waals surface area contributed by atoms with Crippen molar-refractivity contribution in [3.63, 3.8) is 0 Å². The number of halogens is 3. The molecule has 1 unspecified atom stereocenters. The van der Waals surface area contributed by atoms with Crippen molar-refractivity contribution in [3.05, 3.63) is 24.3 Å². The van der Waals surface area contributed by atoms with E-state index in [4.69, 9.17) is 5.73 Å².